The first-order chi connectivity index (χ1) is 11.5. The number of nitrogens with one attached hydrogen (secondary N) is 2. The van der Waals surface area contributed by atoms with Crippen molar-refractivity contribution in [2.75, 3.05) is 5.32 Å². The van der Waals surface area contributed by atoms with Gasteiger partial charge in [0.1, 0.15) is 0 Å². The van der Waals surface area contributed by atoms with Gasteiger partial charge in [-0.05, 0) is 36.0 Å². The molecule has 2 aromatic carbocycles. The average Bonchev–Trinajstić information content (AvgIpc) is 2.55. The lowest BCUT2D eigenvalue weighted by atomic mass is 10.2. The third-order valence-corrected chi connectivity index (χ3v) is 3.40. The van der Waals surface area contributed by atoms with Gasteiger partial charge < -0.3 is 5.32 Å². The average molecular weight is 362 g/mol. The van der Waals surface area contributed by atoms with Crippen LogP contribution in [0.5, 0.6) is 0 Å². The fraction of sp³-hybridized carbons (Fsp3) is 0. The molecule has 0 aliphatic carbocycles. The molecule has 0 fully saturated rings. The molecule has 122 valence electrons. The Labute approximate surface area is 148 Å². The van der Waals surface area contributed by atoms with Crippen LogP contribution in [0, 0.1) is 10.1 Å². The number of carbonyl (C=O) groups excluding carboxylic acids is 1. The summed E-state index contributed by atoms with van der Waals surface area (Å²) in [5.41, 5.74) is 1.06. The van der Waals surface area contributed by atoms with Crippen LogP contribution in [0.25, 0.3) is 6.08 Å². The normalized spacial score (nSPS) is 10.4. The molecule has 0 unspecified atom stereocenters. The second kappa shape index (κ2) is 8.19. The van der Waals surface area contributed by atoms with E-state index in [2.05, 4.69) is 10.6 Å². The Bertz CT molecular complexity index is 824. The molecule has 0 heterocycles. The fourth-order valence-corrected chi connectivity index (χ4v) is 2.18. The highest BCUT2D eigenvalue weighted by Crippen LogP contribution is 2.20. The van der Waals surface area contributed by atoms with E-state index >= 15 is 0 Å². The highest BCUT2D eigenvalue weighted by Gasteiger charge is 2.06. The molecule has 0 aliphatic heterocycles. The van der Waals surface area contributed by atoms with E-state index in [9.17, 15) is 14.9 Å². The van der Waals surface area contributed by atoms with Gasteiger partial charge in [-0.1, -0.05) is 35.9 Å². The lowest BCUT2D eigenvalue weighted by molar-refractivity contribution is -0.384. The van der Waals surface area contributed by atoms with Crippen LogP contribution in [0.4, 0.5) is 11.4 Å². The predicted octanol–water partition coefficient (Wildman–Crippen LogP) is 3.77. The number of halogens is 1. The lowest BCUT2D eigenvalue weighted by Gasteiger charge is -2.09. The largest absolute Gasteiger partial charge is 0.331 e. The van der Waals surface area contributed by atoms with Crippen LogP contribution in [0.3, 0.4) is 0 Å². The second-order valence-electron chi connectivity index (χ2n) is 4.61. The summed E-state index contributed by atoms with van der Waals surface area (Å²) < 4.78 is 0. The number of hydrogen-bond acceptors (Lipinski definition) is 4. The maximum Gasteiger partial charge on any atom is 0.270 e. The number of nitrogens with zero attached hydrogens (tertiary/aromatic N) is 1. The van der Waals surface area contributed by atoms with E-state index in [-0.39, 0.29) is 10.8 Å². The number of benzene rings is 2. The second-order valence-corrected chi connectivity index (χ2v) is 5.42. The topological polar surface area (TPSA) is 84.3 Å². The van der Waals surface area contributed by atoms with Crippen LogP contribution in [-0.4, -0.2) is 15.9 Å². The van der Waals surface area contributed by atoms with Gasteiger partial charge in [0, 0.05) is 18.2 Å². The number of anilines is 1. The maximum atomic E-state index is 11.8. The first-order valence-electron chi connectivity index (χ1n) is 6.75. The number of non-ortho nitro benzene ring substituents is 1. The summed E-state index contributed by atoms with van der Waals surface area (Å²) in [5, 5.41) is 16.5. The van der Waals surface area contributed by atoms with Crippen molar-refractivity contribution < 1.29 is 9.72 Å². The van der Waals surface area contributed by atoms with Gasteiger partial charge in [-0.3, -0.25) is 20.2 Å². The first kappa shape index (κ1) is 17.6. The summed E-state index contributed by atoms with van der Waals surface area (Å²) in [4.78, 5) is 22.0. The number of hydrogen-bond donors (Lipinski definition) is 2. The predicted molar refractivity (Wildman–Crippen MR) is 97.9 cm³/mol. The van der Waals surface area contributed by atoms with Gasteiger partial charge >= 0.3 is 0 Å². The van der Waals surface area contributed by atoms with Crippen LogP contribution in [-0.2, 0) is 4.79 Å². The molecule has 2 aromatic rings. The molecule has 0 aromatic heterocycles. The number of rotatable bonds is 4. The van der Waals surface area contributed by atoms with Gasteiger partial charge in [0.25, 0.3) is 5.69 Å². The van der Waals surface area contributed by atoms with Gasteiger partial charge in [0.2, 0.25) is 5.91 Å². The maximum absolute atomic E-state index is 11.8. The molecule has 0 radical (unpaired) electrons. The Morgan fingerprint density at radius 2 is 1.96 bits per heavy atom. The molecule has 24 heavy (non-hydrogen) atoms. The Morgan fingerprint density at radius 1 is 1.21 bits per heavy atom. The van der Waals surface area contributed by atoms with Crippen LogP contribution >= 0.6 is 23.8 Å². The third-order valence-electron chi connectivity index (χ3n) is 2.87. The number of amides is 1. The monoisotopic (exact) mass is 361 g/mol. The van der Waals surface area contributed by atoms with E-state index in [0.29, 0.717) is 16.3 Å². The van der Waals surface area contributed by atoms with Crippen LogP contribution in [0.15, 0.2) is 54.6 Å². The lowest BCUT2D eigenvalue weighted by Crippen LogP contribution is -2.32. The summed E-state index contributed by atoms with van der Waals surface area (Å²) in [5.74, 6) is -0.467. The van der Waals surface area contributed by atoms with E-state index in [0.717, 1.165) is 0 Å². The molecule has 0 atom stereocenters. The molecule has 2 N–H and O–H groups in total. The number of para-hydroxylation sites is 1. The Kier molecular flexibility index (Phi) is 6.00. The van der Waals surface area contributed by atoms with Crippen molar-refractivity contribution in [2.45, 2.75) is 0 Å². The minimum atomic E-state index is -0.500. The quantitative estimate of drug-likeness (QED) is 0.375. The minimum Gasteiger partial charge on any atom is -0.331 e. The highest BCUT2D eigenvalue weighted by atomic mass is 35.5. The highest BCUT2D eigenvalue weighted by molar-refractivity contribution is 7.80. The molecule has 2 rings (SSSR count). The van der Waals surface area contributed by atoms with Crippen molar-refractivity contribution in [3.05, 3.63) is 75.3 Å². The zero-order valence-corrected chi connectivity index (χ0v) is 13.8. The smallest absolute Gasteiger partial charge is 0.270 e. The molecule has 1 amide bonds. The van der Waals surface area contributed by atoms with Gasteiger partial charge in [-0.25, -0.2) is 0 Å². The van der Waals surface area contributed by atoms with Crippen LogP contribution in [0.2, 0.25) is 5.02 Å². The number of thiocarbonyl (C=S) groups is 1. The van der Waals surface area contributed by atoms with Crippen LogP contribution in [0.1, 0.15) is 5.56 Å². The summed E-state index contributed by atoms with van der Waals surface area (Å²) in [6.45, 7) is 0. The third kappa shape index (κ3) is 5.15. The van der Waals surface area contributed by atoms with E-state index in [1.165, 1.54) is 24.3 Å². The molecule has 0 bridgehead atoms. The number of nitro benzene ring substituents is 1. The minimum absolute atomic E-state index is 0.0477. The Morgan fingerprint density at radius 3 is 2.67 bits per heavy atom. The van der Waals surface area contributed by atoms with Crippen molar-refractivity contribution >= 4 is 52.3 Å². The van der Waals surface area contributed by atoms with Crippen molar-refractivity contribution in [1.29, 1.82) is 0 Å². The van der Waals surface area contributed by atoms with Crippen molar-refractivity contribution in [3.63, 3.8) is 0 Å². The molecular weight excluding hydrogens is 350 g/mol. The van der Waals surface area contributed by atoms with E-state index in [1.54, 1.807) is 36.4 Å². The van der Waals surface area contributed by atoms with E-state index in [1.807, 2.05) is 0 Å². The zero-order valence-electron chi connectivity index (χ0n) is 12.2. The molecule has 8 heteroatoms. The molecular formula is C16H12ClN3O3S. The Hall–Kier alpha value is -2.77. The Balaban J connectivity index is 1.95. The van der Waals surface area contributed by atoms with Gasteiger partial charge in [0.05, 0.1) is 15.6 Å². The zero-order chi connectivity index (χ0) is 17.5. The molecule has 0 saturated carbocycles. The molecule has 0 spiro atoms. The van der Waals surface area contributed by atoms with Crippen molar-refractivity contribution in [1.82, 2.24) is 5.32 Å². The molecule has 0 saturated heterocycles. The fourth-order valence-electron chi connectivity index (χ4n) is 1.78. The van der Waals surface area contributed by atoms with Crippen LogP contribution < -0.4 is 10.6 Å². The first-order valence-corrected chi connectivity index (χ1v) is 7.53. The van der Waals surface area contributed by atoms with Gasteiger partial charge in [-0.2, -0.15) is 0 Å². The molecule has 6 nitrogen and oxygen atoms in total. The van der Waals surface area contributed by atoms with Crippen molar-refractivity contribution in [2.24, 2.45) is 0 Å². The van der Waals surface area contributed by atoms with E-state index in [4.69, 9.17) is 23.8 Å². The summed E-state index contributed by atoms with van der Waals surface area (Å²) in [6.07, 6.45) is 2.69. The standard InChI is InChI=1S/C16H12ClN3O3S/c17-13-6-1-2-7-14(13)18-16(24)19-15(21)9-8-11-4-3-5-12(10-11)20(22)23/h1-10H,(H2,18,19,21,24). The van der Waals surface area contributed by atoms with Gasteiger partial charge in [0.15, 0.2) is 5.11 Å². The summed E-state index contributed by atoms with van der Waals surface area (Å²) in [7, 11) is 0. The van der Waals surface area contributed by atoms with Crippen molar-refractivity contribution in [3.8, 4) is 0 Å². The van der Waals surface area contributed by atoms with E-state index < -0.39 is 10.8 Å². The number of nitro groups is 1. The van der Waals surface area contributed by atoms with Gasteiger partial charge in [-0.15, -0.1) is 0 Å². The summed E-state index contributed by atoms with van der Waals surface area (Å²) >= 11 is 11.0. The molecule has 0 aliphatic rings. The summed E-state index contributed by atoms with van der Waals surface area (Å²) in [6, 6.07) is 12.9. The number of carbonyl (C=O) groups is 1. The SMILES string of the molecule is O=C(C=Cc1cccc([N+](=O)[O-])c1)NC(=S)Nc1ccccc1Cl.